The molecule has 104 valence electrons. The van der Waals surface area contributed by atoms with Crippen LogP contribution in [0, 0.1) is 0 Å². The van der Waals surface area contributed by atoms with E-state index in [0.29, 0.717) is 5.88 Å². The number of nitrogens with zero attached hydrogens (tertiary/aromatic N) is 2. The van der Waals surface area contributed by atoms with Gasteiger partial charge in [-0.25, -0.2) is 4.98 Å². The predicted molar refractivity (Wildman–Crippen MR) is 90.3 cm³/mol. The molecule has 0 radical (unpaired) electrons. The van der Waals surface area contributed by atoms with Crippen molar-refractivity contribution in [3.05, 3.63) is 49.8 Å². The van der Waals surface area contributed by atoms with Gasteiger partial charge in [0.05, 0.1) is 17.6 Å². The van der Waals surface area contributed by atoms with Gasteiger partial charge in [0, 0.05) is 26.7 Å². The second-order valence-electron chi connectivity index (χ2n) is 4.38. The molecule has 0 spiro atoms. The molecule has 0 aliphatic carbocycles. The van der Waals surface area contributed by atoms with Gasteiger partial charge in [0.2, 0.25) is 0 Å². The molecule has 0 aliphatic heterocycles. The maximum Gasteiger partial charge on any atom is 0.111 e. The van der Waals surface area contributed by atoms with Gasteiger partial charge in [-0.2, -0.15) is 0 Å². The van der Waals surface area contributed by atoms with E-state index in [1.165, 1.54) is 4.88 Å². The molecule has 2 aromatic heterocycles. The Hall–Kier alpha value is -0.550. The largest absolute Gasteiger partial charge is 0.323 e. The Balaban J connectivity index is 2.12. The monoisotopic (exact) mass is 388 g/mol. The Labute approximate surface area is 139 Å². The first-order valence-corrected chi connectivity index (χ1v) is 8.70. The molecule has 3 rings (SSSR count). The highest BCUT2D eigenvalue weighted by Crippen LogP contribution is 2.27. The number of fused-ring (bicyclic) bond motifs is 1. The first-order chi connectivity index (χ1) is 9.69. The smallest absolute Gasteiger partial charge is 0.111 e. The van der Waals surface area contributed by atoms with Crippen molar-refractivity contribution in [2.45, 2.75) is 13.0 Å². The maximum atomic E-state index is 6.12. The van der Waals surface area contributed by atoms with Crippen molar-refractivity contribution < 1.29 is 0 Å². The Morgan fingerprint density at radius 2 is 2.15 bits per heavy atom. The van der Waals surface area contributed by atoms with Crippen LogP contribution in [0.15, 0.2) is 34.1 Å². The number of imidazole rings is 1. The van der Waals surface area contributed by atoms with Crippen LogP contribution in [0.5, 0.6) is 0 Å². The number of benzene rings is 1. The number of alkyl halides is 1. The lowest BCUT2D eigenvalue weighted by atomic mass is 10.3. The molecule has 0 saturated heterocycles. The van der Waals surface area contributed by atoms with E-state index >= 15 is 0 Å². The van der Waals surface area contributed by atoms with Crippen LogP contribution in [-0.2, 0) is 13.0 Å². The van der Waals surface area contributed by atoms with Gasteiger partial charge in [-0.3, -0.25) is 0 Å². The van der Waals surface area contributed by atoms with Gasteiger partial charge in [0.15, 0.2) is 0 Å². The van der Waals surface area contributed by atoms with Crippen molar-refractivity contribution in [2.75, 3.05) is 5.88 Å². The molecule has 2 nitrogen and oxygen atoms in total. The number of aromatic nitrogens is 2. The fraction of sp³-hybridized carbons (Fsp3) is 0.214. The van der Waals surface area contributed by atoms with Gasteiger partial charge >= 0.3 is 0 Å². The number of hydrogen-bond acceptors (Lipinski definition) is 2. The summed E-state index contributed by atoms with van der Waals surface area (Å²) in [5.74, 6) is 1.56. The van der Waals surface area contributed by atoms with Crippen LogP contribution in [0.1, 0.15) is 10.7 Å². The molecule has 0 N–H and O–H groups in total. The average molecular weight is 390 g/mol. The molecular weight excluding hydrogens is 379 g/mol. The SMILES string of the molecule is ClCCc1nc2ccc(Cl)cc2n1Cc1sccc1Br. The van der Waals surface area contributed by atoms with Gasteiger partial charge in [0.25, 0.3) is 0 Å². The summed E-state index contributed by atoms with van der Waals surface area (Å²) in [4.78, 5) is 5.93. The van der Waals surface area contributed by atoms with Crippen LogP contribution in [0.3, 0.4) is 0 Å². The molecule has 0 bridgehead atoms. The van der Waals surface area contributed by atoms with Crippen molar-refractivity contribution >= 4 is 61.5 Å². The van der Waals surface area contributed by atoms with Crippen molar-refractivity contribution in [3.63, 3.8) is 0 Å². The van der Waals surface area contributed by atoms with E-state index in [0.717, 1.165) is 39.3 Å². The molecule has 1 aromatic carbocycles. The zero-order chi connectivity index (χ0) is 14.1. The normalized spacial score (nSPS) is 11.3. The number of halogens is 3. The third-order valence-electron chi connectivity index (χ3n) is 3.10. The Morgan fingerprint density at radius 3 is 2.85 bits per heavy atom. The van der Waals surface area contributed by atoms with E-state index in [1.807, 2.05) is 18.2 Å². The molecule has 0 fully saturated rings. The van der Waals surface area contributed by atoms with Crippen molar-refractivity contribution in [2.24, 2.45) is 0 Å². The minimum atomic E-state index is 0.558. The number of thiophene rings is 1. The van der Waals surface area contributed by atoms with E-state index in [9.17, 15) is 0 Å². The van der Waals surface area contributed by atoms with E-state index in [1.54, 1.807) is 11.3 Å². The first kappa shape index (κ1) is 14.4. The maximum absolute atomic E-state index is 6.12. The minimum Gasteiger partial charge on any atom is -0.323 e. The number of hydrogen-bond donors (Lipinski definition) is 0. The zero-order valence-electron chi connectivity index (χ0n) is 10.4. The quantitative estimate of drug-likeness (QED) is 0.550. The molecule has 0 unspecified atom stereocenters. The Kier molecular flexibility index (Phi) is 4.36. The predicted octanol–water partition coefficient (Wildman–Crippen LogP) is 5.34. The lowest BCUT2D eigenvalue weighted by Crippen LogP contribution is -2.05. The van der Waals surface area contributed by atoms with Crippen LogP contribution in [-0.4, -0.2) is 15.4 Å². The van der Waals surface area contributed by atoms with E-state index < -0.39 is 0 Å². The summed E-state index contributed by atoms with van der Waals surface area (Å²) in [6, 6.07) is 7.85. The number of rotatable bonds is 4. The lowest BCUT2D eigenvalue weighted by Gasteiger charge is -2.08. The third kappa shape index (κ3) is 2.75. The van der Waals surface area contributed by atoms with Gasteiger partial charge in [-0.15, -0.1) is 22.9 Å². The molecule has 0 saturated carbocycles. The van der Waals surface area contributed by atoms with Crippen LogP contribution in [0.4, 0.5) is 0 Å². The highest BCUT2D eigenvalue weighted by Gasteiger charge is 2.13. The average Bonchev–Trinajstić information content (AvgIpc) is 2.96. The zero-order valence-corrected chi connectivity index (χ0v) is 14.4. The van der Waals surface area contributed by atoms with E-state index in [2.05, 4.69) is 36.9 Å². The summed E-state index contributed by atoms with van der Waals surface area (Å²) < 4.78 is 3.32. The van der Waals surface area contributed by atoms with Crippen molar-refractivity contribution in [1.82, 2.24) is 9.55 Å². The molecule has 20 heavy (non-hydrogen) atoms. The van der Waals surface area contributed by atoms with E-state index in [-0.39, 0.29) is 0 Å². The van der Waals surface area contributed by atoms with E-state index in [4.69, 9.17) is 23.2 Å². The summed E-state index contributed by atoms with van der Waals surface area (Å²) >= 11 is 17.3. The third-order valence-corrected chi connectivity index (χ3v) is 5.44. The Morgan fingerprint density at radius 1 is 1.30 bits per heavy atom. The fourth-order valence-electron chi connectivity index (χ4n) is 2.18. The highest BCUT2D eigenvalue weighted by molar-refractivity contribution is 9.10. The van der Waals surface area contributed by atoms with Gasteiger partial charge in [0.1, 0.15) is 5.82 Å². The summed E-state index contributed by atoms with van der Waals surface area (Å²) in [5, 5.41) is 2.80. The topological polar surface area (TPSA) is 17.8 Å². The summed E-state index contributed by atoms with van der Waals surface area (Å²) in [5.41, 5.74) is 2.01. The van der Waals surface area contributed by atoms with Gasteiger partial charge < -0.3 is 4.57 Å². The first-order valence-electron chi connectivity index (χ1n) is 6.11. The second kappa shape index (κ2) is 6.06. The molecule has 6 heteroatoms. The number of aryl methyl sites for hydroxylation is 1. The minimum absolute atomic E-state index is 0.558. The van der Waals surface area contributed by atoms with Crippen LogP contribution in [0.25, 0.3) is 11.0 Å². The molecular formula is C14H11BrCl2N2S. The van der Waals surface area contributed by atoms with Gasteiger partial charge in [-0.1, -0.05) is 11.6 Å². The molecule has 2 heterocycles. The van der Waals surface area contributed by atoms with Crippen molar-refractivity contribution in [3.8, 4) is 0 Å². The highest BCUT2D eigenvalue weighted by atomic mass is 79.9. The standard InChI is InChI=1S/C14H11BrCl2N2S/c15-10-4-6-20-13(10)8-19-12-7-9(17)1-2-11(12)18-14(19)3-5-16/h1-2,4,6-7H,3,5,8H2. The lowest BCUT2D eigenvalue weighted by molar-refractivity contribution is 0.761. The van der Waals surface area contributed by atoms with Crippen molar-refractivity contribution in [1.29, 1.82) is 0 Å². The molecule has 3 aromatic rings. The molecule has 0 atom stereocenters. The van der Waals surface area contributed by atoms with Gasteiger partial charge in [-0.05, 0) is 45.6 Å². The van der Waals surface area contributed by atoms with Crippen LogP contribution < -0.4 is 0 Å². The Bertz CT molecular complexity index is 751. The second-order valence-corrected chi connectivity index (χ2v) is 7.05. The summed E-state index contributed by atoms with van der Waals surface area (Å²) in [7, 11) is 0. The summed E-state index contributed by atoms with van der Waals surface area (Å²) in [6.07, 6.45) is 0.747. The molecule has 0 aliphatic rings. The van der Waals surface area contributed by atoms with Crippen LogP contribution >= 0.6 is 50.5 Å². The summed E-state index contributed by atoms with van der Waals surface area (Å²) in [6.45, 7) is 0.779. The fourth-order valence-corrected chi connectivity index (χ4v) is 3.98. The van der Waals surface area contributed by atoms with Crippen LogP contribution in [0.2, 0.25) is 5.02 Å². The molecule has 0 amide bonds.